The van der Waals surface area contributed by atoms with Crippen molar-refractivity contribution < 1.29 is 23.4 Å². The lowest BCUT2D eigenvalue weighted by Crippen LogP contribution is -2.39. The number of rotatable bonds is 9. The number of ether oxygens (including phenoxy) is 3. The Hall–Kier alpha value is -3.79. The second kappa shape index (κ2) is 10.0. The van der Waals surface area contributed by atoms with Crippen molar-refractivity contribution in [1.29, 1.82) is 5.26 Å². The highest BCUT2D eigenvalue weighted by molar-refractivity contribution is 5.79. The summed E-state index contributed by atoms with van der Waals surface area (Å²) in [6, 6.07) is 16.3. The Balaban J connectivity index is 1.55. The number of aromatic nitrogens is 1. The van der Waals surface area contributed by atoms with Gasteiger partial charge >= 0.3 is 5.97 Å². The van der Waals surface area contributed by atoms with E-state index in [2.05, 4.69) is 11.1 Å². The summed E-state index contributed by atoms with van der Waals surface area (Å²) < 4.78 is 22.4. The molecule has 0 spiro atoms. The standard InChI is InChI=1S/C25H26N2O5/c1-5-29-24(28)25(3,4)32-21-12-10-20(11-13-21)30-15-14-22-17(2)31-23(27-22)19-8-6-18(16-26)7-9-19/h6-13H,5,14-15H2,1-4H3. The van der Waals surface area contributed by atoms with Crippen molar-refractivity contribution in [3.63, 3.8) is 0 Å². The second-order valence-corrected chi connectivity index (χ2v) is 7.61. The monoisotopic (exact) mass is 434 g/mol. The molecule has 32 heavy (non-hydrogen) atoms. The molecule has 0 amide bonds. The molecule has 0 aliphatic rings. The maximum Gasteiger partial charge on any atom is 0.349 e. The van der Waals surface area contributed by atoms with E-state index in [1.165, 1.54) is 0 Å². The number of nitriles is 1. The molecular formula is C25H26N2O5. The number of hydrogen-bond acceptors (Lipinski definition) is 7. The number of esters is 1. The molecular weight excluding hydrogens is 408 g/mol. The third-order valence-corrected chi connectivity index (χ3v) is 4.72. The van der Waals surface area contributed by atoms with Gasteiger partial charge in [0.1, 0.15) is 17.3 Å². The lowest BCUT2D eigenvalue weighted by atomic mass is 10.1. The average molecular weight is 434 g/mol. The van der Waals surface area contributed by atoms with Crippen molar-refractivity contribution in [2.75, 3.05) is 13.2 Å². The van der Waals surface area contributed by atoms with Gasteiger partial charge in [0, 0.05) is 12.0 Å². The Morgan fingerprint density at radius 3 is 2.38 bits per heavy atom. The van der Waals surface area contributed by atoms with E-state index < -0.39 is 11.6 Å². The summed E-state index contributed by atoms with van der Waals surface area (Å²) in [6.07, 6.45) is 0.583. The molecule has 0 saturated carbocycles. The normalized spacial score (nSPS) is 11.0. The van der Waals surface area contributed by atoms with Crippen molar-refractivity contribution in [3.05, 3.63) is 65.5 Å². The SMILES string of the molecule is CCOC(=O)C(C)(C)Oc1ccc(OCCc2nc(-c3ccc(C#N)cc3)oc2C)cc1. The van der Waals surface area contributed by atoms with Crippen LogP contribution < -0.4 is 9.47 Å². The topological polar surface area (TPSA) is 94.6 Å². The molecule has 3 rings (SSSR count). The molecule has 0 unspecified atom stereocenters. The Morgan fingerprint density at radius 2 is 1.75 bits per heavy atom. The number of carbonyl (C=O) groups is 1. The van der Waals surface area contributed by atoms with Crippen LogP contribution in [0.25, 0.3) is 11.5 Å². The fourth-order valence-electron chi connectivity index (χ4n) is 2.98. The Morgan fingerprint density at radius 1 is 1.09 bits per heavy atom. The van der Waals surface area contributed by atoms with Crippen LogP contribution in [0.15, 0.2) is 52.9 Å². The third-order valence-electron chi connectivity index (χ3n) is 4.72. The Bertz CT molecular complexity index is 1090. The highest BCUT2D eigenvalue weighted by Gasteiger charge is 2.31. The van der Waals surface area contributed by atoms with Crippen molar-refractivity contribution in [2.24, 2.45) is 0 Å². The number of benzene rings is 2. The molecule has 0 radical (unpaired) electrons. The first-order valence-electron chi connectivity index (χ1n) is 10.4. The fourth-order valence-corrected chi connectivity index (χ4v) is 2.98. The molecule has 0 atom stereocenters. The van der Waals surface area contributed by atoms with Gasteiger partial charge < -0.3 is 18.6 Å². The molecule has 7 nitrogen and oxygen atoms in total. The molecule has 3 aromatic rings. The number of nitrogens with zero attached hydrogens (tertiary/aromatic N) is 2. The summed E-state index contributed by atoms with van der Waals surface area (Å²) in [4.78, 5) is 16.5. The first-order chi connectivity index (χ1) is 15.3. The summed E-state index contributed by atoms with van der Waals surface area (Å²) in [5.74, 6) is 2.07. The van der Waals surface area contributed by atoms with Crippen LogP contribution in [-0.4, -0.2) is 29.8 Å². The van der Waals surface area contributed by atoms with Crippen molar-refractivity contribution in [3.8, 4) is 29.0 Å². The zero-order valence-corrected chi connectivity index (χ0v) is 18.7. The first-order valence-corrected chi connectivity index (χ1v) is 10.4. The summed E-state index contributed by atoms with van der Waals surface area (Å²) >= 11 is 0. The number of aryl methyl sites for hydroxylation is 1. The van der Waals surface area contributed by atoms with Gasteiger partial charge in [-0.1, -0.05) is 0 Å². The van der Waals surface area contributed by atoms with Gasteiger partial charge in [-0.05, 0) is 76.2 Å². The van der Waals surface area contributed by atoms with Crippen LogP contribution in [0.4, 0.5) is 0 Å². The van der Waals surface area contributed by atoms with Gasteiger partial charge in [0.25, 0.3) is 0 Å². The van der Waals surface area contributed by atoms with E-state index >= 15 is 0 Å². The number of hydrogen-bond donors (Lipinski definition) is 0. The highest BCUT2D eigenvalue weighted by atomic mass is 16.6. The maximum absolute atomic E-state index is 12.0. The number of oxazole rings is 1. The minimum Gasteiger partial charge on any atom is -0.493 e. The lowest BCUT2D eigenvalue weighted by molar-refractivity contribution is -0.158. The fraction of sp³-hybridized carbons (Fsp3) is 0.320. The lowest BCUT2D eigenvalue weighted by Gasteiger charge is -2.24. The van der Waals surface area contributed by atoms with E-state index in [9.17, 15) is 4.79 Å². The molecule has 0 bridgehead atoms. The maximum atomic E-state index is 12.0. The molecule has 166 valence electrons. The molecule has 0 aliphatic heterocycles. The van der Waals surface area contributed by atoms with Crippen LogP contribution in [0.1, 0.15) is 37.8 Å². The van der Waals surface area contributed by atoms with E-state index in [-0.39, 0.29) is 0 Å². The minimum atomic E-state index is -1.07. The van der Waals surface area contributed by atoms with E-state index in [0.29, 0.717) is 42.6 Å². The molecule has 1 heterocycles. The van der Waals surface area contributed by atoms with Crippen LogP contribution in [0.5, 0.6) is 11.5 Å². The zero-order valence-electron chi connectivity index (χ0n) is 18.7. The molecule has 0 fully saturated rings. The first kappa shape index (κ1) is 22.9. The molecule has 7 heteroatoms. The quantitative estimate of drug-likeness (QED) is 0.444. The predicted octanol–water partition coefficient (Wildman–Crippen LogP) is 4.86. The van der Waals surface area contributed by atoms with Crippen LogP contribution in [0.3, 0.4) is 0 Å². The Kier molecular flexibility index (Phi) is 7.16. The summed E-state index contributed by atoms with van der Waals surface area (Å²) in [6.45, 7) is 7.69. The molecule has 2 aromatic carbocycles. The van der Waals surface area contributed by atoms with Gasteiger partial charge in [-0.25, -0.2) is 9.78 Å². The van der Waals surface area contributed by atoms with Crippen LogP contribution in [0.2, 0.25) is 0 Å². The van der Waals surface area contributed by atoms with Gasteiger partial charge in [0.2, 0.25) is 5.89 Å². The highest BCUT2D eigenvalue weighted by Crippen LogP contribution is 2.24. The zero-order chi connectivity index (χ0) is 23.1. The van der Waals surface area contributed by atoms with Gasteiger partial charge in [-0.3, -0.25) is 0 Å². The van der Waals surface area contributed by atoms with Crippen molar-refractivity contribution in [2.45, 2.75) is 39.7 Å². The third kappa shape index (κ3) is 5.67. The summed E-state index contributed by atoms with van der Waals surface area (Å²) in [7, 11) is 0. The molecule has 0 aliphatic carbocycles. The van der Waals surface area contributed by atoms with Crippen molar-refractivity contribution >= 4 is 5.97 Å². The molecule has 0 saturated heterocycles. The van der Waals surface area contributed by atoms with Crippen LogP contribution in [0, 0.1) is 18.3 Å². The molecule has 0 N–H and O–H groups in total. The minimum absolute atomic E-state index is 0.304. The predicted molar refractivity (Wildman–Crippen MR) is 118 cm³/mol. The van der Waals surface area contributed by atoms with Crippen LogP contribution >= 0.6 is 0 Å². The number of carbonyl (C=O) groups excluding carboxylic acids is 1. The van der Waals surface area contributed by atoms with E-state index in [4.69, 9.17) is 23.9 Å². The van der Waals surface area contributed by atoms with Gasteiger partial charge in [-0.2, -0.15) is 5.26 Å². The van der Waals surface area contributed by atoms with Crippen molar-refractivity contribution in [1.82, 2.24) is 4.98 Å². The van der Waals surface area contributed by atoms with Crippen LogP contribution in [-0.2, 0) is 16.0 Å². The average Bonchev–Trinajstić information content (AvgIpc) is 3.15. The van der Waals surface area contributed by atoms with Gasteiger partial charge in [0.15, 0.2) is 5.60 Å². The molecule has 1 aromatic heterocycles. The summed E-state index contributed by atoms with van der Waals surface area (Å²) in [5, 5.41) is 8.92. The smallest absolute Gasteiger partial charge is 0.349 e. The van der Waals surface area contributed by atoms with Gasteiger partial charge in [0.05, 0.1) is 30.5 Å². The van der Waals surface area contributed by atoms with E-state index in [1.807, 2.05) is 19.1 Å². The summed E-state index contributed by atoms with van der Waals surface area (Å²) in [5.41, 5.74) is 1.16. The second-order valence-electron chi connectivity index (χ2n) is 7.61. The Labute approximate surface area is 187 Å². The van der Waals surface area contributed by atoms with E-state index in [0.717, 1.165) is 17.0 Å². The van der Waals surface area contributed by atoms with E-state index in [1.54, 1.807) is 57.2 Å². The largest absolute Gasteiger partial charge is 0.493 e. The van der Waals surface area contributed by atoms with Gasteiger partial charge in [-0.15, -0.1) is 0 Å².